The minimum atomic E-state index is -0.738. The highest BCUT2D eigenvalue weighted by Gasteiger charge is 2.50. The fourth-order valence-corrected chi connectivity index (χ4v) is 5.51. The molecule has 33 heavy (non-hydrogen) atoms. The zero-order valence-corrected chi connectivity index (χ0v) is 19.4. The number of H-pyrrole nitrogens is 1. The van der Waals surface area contributed by atoms with Gasteiger partial charge in [0, 0.05) is 18.6 Å². The van der Waals surface area contributed by atoms with Crippen molar-refractivity contribution >= 4 is 35.0 Å². The first-order valence-electron chi connectivity index (χ1n) is 11.1. The van der Waals surface area contributed by atoms with E-state index >= 15 is 0 Å². The molecule has 2 fully saturated rings. The van der Waals surface area contributed by atoms with Crippen LogP contribution in [0, 0.1) is 11.2 Å². The molecule has 176 valence electrons. The Morgan fingerprint density at radius 2 is 2.00 bits per heavy atom. The van der Waals surface area contributed by atoms with Gasteiger partial charge in [-0.1, -0.05) is 11.6 Å². The minimum absolute atomic E-state index is 0.000183. The highest BCUT2D eigenvalue weighted by atomic mass is 35.5. The number of aromatic amines is 1. The SMILES string of the molecule is CC(C)N(C(=O)c1nc[nH]c1C(N)=O)[C@H]1CC[C@@]2(CCN(c3ccc(F)cc3Cl)C2=O)CC1. The fourth-order valence-electron chi connectivity index (χ4n) is 5.24. The predicted molar refractivity (Wildman–Crippen MR) is 121 cm³/mol. The van der Waals surface area contributed by atoms with Crippen LogP contribution in [0.3, 0.4) is 0 Å². The van der Waals surface area contributed by atoms with Gasteiger partial charge in [-0.2, -0.15) is 0 Å². The van der Waals surface area contributed by atoms with Crippen LogP contribution in [0.4, 0.5) is 10.1 Å². The number of imidazole rings is 1. The number of primary amides is 1. The second-order valence-corrected chi connectivity index (χ2v) is 9.52. The number of amides is 3. The Kier molecular flexibility index (Phi) is 6.18. The van der Waals surface area contributed by atoms with Gasteiger partial charge in [0.2, 0.25) is 5.91 Å². The maximum atomic E-state index is 13.4. The third kappa shape index (κ3) is 4.10. The van der Waals surface area contributed by atoms with Crippen molar-refractivity contribution in [2.45, 2.75) is 58.0 Å². The molecule has 1 saturated carbocycles. The van der Waals surface area contributed by atoms with Crippen molar-refractivity contribution in [1.82, 2.24) is 14.9 Å². The normalized spacial score (nSPS) is 22.9. The van der Waals surface area contributed by atoms with Crippen LogP contribution in [0.15, 0.2) is 24.5 Å². The second-order valence-electron chi connectivity index (χ2n) is 9.11. The number of carbonyl (C=O) groups excluding carboxylic acids is 3. The standard InChI is InChI=1S/C23H27ClFN5O3/c1-13(2)30(21(32)19-18(20(26)31)27-12-28-19)15-5-7-23(8-6-15)9-10-29(22(23)33)17-4-3-14(25)11-16(17)24/h3-4,11-13,15H,5-10H2,1-2H3,(H2,26,31)(H,27,28)/t15-,23-. The molecule has 1 aromatic carbocycles. The first-order chi connectivity index (χ1) is 15.6. The Labute approximate surface area is 196 Å². The highest BCUT2D eigenvalue weighted by Crippen LogP contribution is 2.48. The lowest BCUT2D eigenvalue weighted by Gasteiger charge is -2.42. The smallest absolute Gasteiger partial charge is 0.275 e. The Hall–Kier alpha value is -2.94. The average Bonchev–Trinajstić information content (AvgIpc) is 3.36. The highest BCUT2D eigenvalue weighted by molar-refractivity contribution is 6.34. The number of carbonyl (C=O) groups is 3. The third-order valence-electron chi connectivity index (χ3n) is 6.90. The van der Waals surface area contributed by atoms with E-state index in [0.29, 0.717) is 44.3 Å². The van der Waals surface area contributed by atoms with Crippen LogP contribution in [0.1, 0.15) is 66.9 Å². The zero-order chi connectivity index (χ0) is 23.9. The lowest BCUT2D eigenvalue weighted by atomic mass is 9.71. The summed E-state index contributed by atoms with van der Waals surface area (Å²) in [6, 6.07) is 3.85. The van der Waals surface area contributed by atoms with E-state index in [0.717, 1.165) is 0 Å². The van der Waals surface area contributed by atoms with Crippen LogP contribution in [-0.2, 0) is 4.79 Å². The molecule has 2 heterocycles. The molecule has 4 rings (SSSR count). The van der Waals surface area contributed by atoms with Crippen LogP contribution >= 0.6 is 11.6 Å². The van der Waals surface area contributed by atoms with Gasteiger partial charge >= 0.3 is 0 Å². The van der Waals surface area contributed by atoms with Gasteiger partial charge in [0.05, 0.1) is 22.5 Å². The molecule has 1 spiro atoms. The first-order valence-corrected chi connectivity index (χ1v) is 11.5. The van der Waals surface area contributed by atoms with Crippen molar-refractivity contribution in [1.29, 1.82) is 0 Å². The summed E-state index contributed by atoms with van der Waals surface area (Å²) in [7, 11) is 0. The largest absolute Gasteiger partial charge is 0.364 e. The molecular weight excluding hydrogens is 449 g/mol. The molecule has 1 saturated heterocycles. The number of benzene rings is 1. The molecule has 2 aromatic rings. The second kappa shape index (κ2) is 8.78. The molecular formula is C23H27ClFN5O3. The number of hydrogen-bond acceptors (Lipinski definition) is 4. The molecule has 0 bridgehead atoms. The summed E-state index contributed by atoms with van der Waals surface area (Å²) in [5.41, 5.74) is 5.40. The lowest BCUT2D eigenvalue weighted by molar-refractivity contribution is -0.127. The van der Waals surface area contributed by atoms with E-state index in [-0.39, 0.29) is 40.3 Å². The van der Waals surface area contributed by atoms with E-state index in [1.54, 1.807) is 15.9 Å². The van der Waals surface area contributed by atoms with Crippen molar-refractivity contribution in [3.8, 4) is 0 Å². The summed E-state index contributed by atoms with van der Waals surface area (Å²) in [6.45, 7) is 4.35. The molecule has 3 N–H and O–H groups in total. The monoisotopic (exact) mass is 475 g/mol. The fraction of sp³-hybridized carbons (Fsp3) is 0.478. The summed E-state index contributed by atoms with van der Waals surface area (Å²) in [6.07, 6.45) is 4.53. The summed E-state index contributed by atoms with van der Waals surface area (Å²) in [4.78, 5) is 48.4. The van der Waals surface area contributed by atoms with Crippen molar-refractivity contribution in [3.05, 3.63) is 46.8 Å². The molecule has 0 radical (unpaired) electrons. The van der Waals surface area contributed by atoms with Gasteiger partial charge in [0.25, 0.3) is 11.8 Å². The van der Waals surface area contributed by atoms with Crippen LogP contribution in [-0.4, -0.2) is 51.2 Å². The Bertz CT molecular complexity index is 1090. The summed E-state index contributed by atoms with van der Waals surface area (Å²) in [5.74, 6) is -1.53. The third-order valence-corrected chi connectivity index (χ3v) is 7.20. The number of hydrogen-bond donors (Lipinski definition) is 2. The van der Waals surface area contributed by atoms with Crippen molar-refractivity contribution in [2.75, 3.05) is 11.4 Å². The van der Waals surface area contributed by atoms with Crippen LogP contribution in [0.2, 0.25) is 5.02 Å². The Balaban J connectivity index is 1.50. The van der Waals surface area contributed by atoms with Crippen LogP contribution in [0.5, 0.6) is 0 Å². The van der Waals surface area contributed by atoms with Crippen LogP contribution < -0.4 is 10.6 Å². The van der Waals surface area contributed by atoms with E-state index in [1.807, 2.05) is 13.8 Å². The number of nitrogens with one attached hydrogen (secondary N) is 1. The molecule has 10 heteroatoms. The van der Waals surface area contributed by atoms with E-state index in [4.69, 9.17) is 17.3 Å². The van der Waals surface area contributed by atoms with Crippen molar-refractivity contribution < 1.29 is 18.8 Å². The quantitative estimate of drug-likeness (QED) is 0.688. The number of nitrogens with two attached hydrogens (primary N) is 1. The zero-order valence-electron chi connectivity index (χ0n) is 18.6. The molecule has 1 aliphatic heterocycles. The van der Waals surface area contributed by atoms with Gasteiger partial charge in [0.15, 0.2) is 5.69 Å². The predicted octanol–water partition coefficient (Wildman–Crippen LogP) is 3.52. The maximum absolute atomic E-state index is 13.4. The lowest BCUT2D eigenvalue weighted by Crippen LogP contribution is -2.49. The van der Waals surface area contributed by atoms with Gasteiger partial charge in [-0.25, -0.2) is 9.37 Å². The van der Waals surface area contributed by atoms with Gasteiger partial charge in [0.1, 0.15) is 11.5 Å². The minimum Gasteiger partial charge on any atom is -0.364 e. The van der Waals surface area contributed by atoms with Gasteiger partial charge in [-0.05, 0) is 64.2 Å². The summed E-state index contributed by atoms with van der Waals surface area (Å²) in [5, 5.41) is 0.218. The topological polar surface area (TPSA) is 112 Å². The van der Waals surface area contributed by atoms with Gasteiger partial charge < -0.3 is 20.5 Å². The van der Waals surface area contributed by atoms with Crippen LogP contribution in [0.25, 0.3) is 0 Å². The van der Waals surface area contributed by atoms with E-state index in [1.165, 1.54) is 18.5 Å². The van der Waals surface area contributed by atoms with Gasteiger partial charge in [-0.3, -0.25) is 14.4 Å². The van der Waals surface area contributed by atoms with Crippen molar-refractivity contribution in [3.63, 3.8) is 0 Å². The van der Waals surface area contributed by atoms with E-state index < -0.39 is 17.1 Å². The first kappa shape index (κ1) is 23.2. The molecule has 8 nitrogen and oxygen atoms in total. The Morgan fingerprint density at radius 3 is 2.61 bits per heavy atom. The number of halogens is 2. The number of nitrogens with zero attached hydrogens (tertiary/aromatic N) is 3. The molecule has 1 aromatic heterocycles. The summed E-state index contributed by atoms with van der Waals surface area (Å²) < 4.78 is 13.4. The molecule has 0 atom stereocenters. The van der Waals surface area contributed by atoms with Gasteiger partial charge in [-0.15, -0.1) is 0 Å². The number of anilines is 1. The average molecular weight is 476 g/mol. The number of aromatic nitrogens is 2. The number of rotatable bonds is 5. The van der Waals surface area contributed by atoms with E-state index in [9.17, 15) is 18.8 Å². The van der Waals surface area contributed by atoms with Crippen molar-refractivity contribution in [2.24, 2.45) is 11.1 Å². The molecule has 1 aliphatic carbocycles. The molecule has 3 amide bonds. The maximum Gasteiger partial charge on any atom is 0.275 e. The summed E-state index contributed by atoms with van der Waals surface area (Å²) >= 11 is 6.20. The molecule has 0 unspecified atom stereocenters. The molecule has 2 aliphatic rings. The Morgan fingerprint density at radius 1 is 1.30 bits per heavy atom. The van der Waals surface area contributed by atoms with E-state index in [2.05, 4.69) is 9.97 Å².